The lowest BCUT2D eigenvalue weighted by atomic mass is 10.2. The number of nitrogens with zero attached hydrogens (tertiary/aromatic N) is 3. The summed E-state index contributed by atoms with van der Waals surface area (Å²) in [6, 6.07) is 8.94. The first kappa shape index (κ1) is 19.0. The summed E-state index contributed by atoms with van der Waals surface area (Å²) in [6.07, 6.45) is 0. The number of thioether (sulfide) groups is 1. The number of benzene rings is 1. The van der Waals surface area contributed by atoms with Crippen LogP contribution in [0.2, 0.25) is 10.0 Å². The summed E-state index contributed by atoms with van der Waals surface area (Å²) in [6.45, 7) is 2.29. The minimum Gasteiger partial charge on any atom is -0.350 e. The maximum Gasteiger partial charge on any atom is 0.233 e. The van der Waals surface area contributed by atoms with Gasteiger partial charge in [0, 0.05) is 15.5 Å². The highest BCUT2D eigenvalue weighted by molar-refractivity contribution is 8.00. The molecule has 0 saturated heterocycles. The van der Waals surface area contributed by atoms with Gasteiger partial charge < -0.3 is 11.2 Å². The molecule has 1 amide bonds. The first-order valence-electron chi connectivity index (χ1n) is 7.58. The second-order valence-corrected chi connectivity index (χ2v) is 8.54. The van der Waals surface area contributed by atoms with Crippen molar-refractivity contribution in [3.05, 3.63) is 50.6 Å². The molecule has 0 bridgehead atoms. The van der Waals surface area contributed by atoms with Gasteiger partial charge in [0.05, 0.1) is 16.8 Å². The molecule has 0 aliphatic carbocycles. The van der Waals surface area contributed by atoms with Crippen LogP contribution in [0, 0.1) is 0 Å². The average molecular weight is 428 g/mol. The van der Waals surface area contributed by atoms with Gasteiger partial charge in [0.2, 0.25) is 11.1 Å². The molecule has 1 unspecified atom stereocenters. The maximum atomic E-state index is 12.3. The Balaban J connectivity index is 1.69. The summed E-state index contributed by atoms with van der Waals surface area (Å²) in [5, 5.41) is 14.0. The number of amides is 1. The molecule has 3 rings (SSSR count). The van der Waals surface area contributed by atoms with Gasteiger partial charge in [0.25, 0.3) is 0 Å². The van der Waals surface area contributed by atoms with Crippen LogP contribution in [0.5, 0.6) is 0 Å². The predicted octanol–water partition coefficient (Wildman–Crippen LogP) is 3.82. The zero-order chi connectivity index (χ0) is 18.7. The first-order valence-corrected chi connectivity index (χ1v) is 10.1. The molecule has 0 saturated carbocycles. The normalized spacial score (nSPS) is 12.1. The minimum absolute atomic E-state index is 0.103. The lowest BCUT2D eigenvalue weighted by Crippen LogP contribution is -2.30. The molecule has 10 heteroatoms. The largest absolute Gasteiger partial charge is 0.350 e. The molecular formula is C16H15Cl2N5OS2. The topological polar surface area (TPSA) is 85.8 Å². The Labute approximate surface area is 168 Å². The maximum absolute atomic E-state index is 12.3. The summed E-state index contributed by atoms with van der Waals surface area (Å²) in [5.41, 5.74) is 0.579. The van der Waals surface area contributed by atoms with E-state index in [0.29, 0.717) is 33.1 Å². The van der Waals surface area contributed by atoms with Gasteiger partial charge in [0.15, 0.2) is 5.82 Å². The third kappa shape index (κ3) is 4.32. The summed E-state index contributed by atoms with van der Waals surface area (Å²) in [5.74, 6) is 6.37. The zero-order valence-electron chi connectivity index (χ0n) is 13.6. The second-order valence-electron chi connectivity index (χ2n) is 5.36. The summed E-state index contributed by atoms with van der Waals surface area (Å²) < 4.78 is 1.31. The van der Waals surface area contributed by atoms with Crippen LogP contribution in [0.3, 0.4) is 0 Å². The smallest absolute Gasteiger partial charge is 0.233 e. The fourth-order valence-corrected chi connectivity index (χ4v) is 3.97. The van der Waals surface area contributed by atoms with Crippen LogP contribution in [0.4, 0.5) is 0 Å². The molecule has 0 radical (unpaired) electrons. The Morgan fingerprint density at radius 2 is 2.19 bits per heavy atom. The summed E-state index contributed by atoms with van der Waals surface area (Å²) >= 11 is 15.0. The van der Waals surface area contributed by atoms with Gasteiger partial charge in [-0.15, -0.1) is 21.5 Å². The van der Waals surface area contributed by atoms with Crippen LogP contribution in [-0.4, -0.2) is 26.0 Å². The minimum atomic E-state index is -0.385. The number of nitrogens with one attached hydrogen (secondary N) is 1. The molecule has 2 aromatic heterocycles. The molecule has 0 fully saturated rings. The Morgan fingerprint density at radius 1 is 1.38 bits per heavy atom. The van der Waals surface area contributed by atoms with Crippen LogP contribution in [0.1, 0.15) is 11.8 Å². The molecule has 0 spiro atoms. The number of aromatic nitrogens is 3. The third-order valence-corrected chi connectivity index (χ3v) is 6.00. The van der Waals surface area contributed by atoms with Gasteiger partial charge in [-0.25, -0.2) is 4.68 Å². The van der Waals surface area contributed by atoms with Crippen molar-refractivity contribution in [1.29, 1.82) is 0 Å². The van der Waals surface area contributed by atoms with Gasteiger partial charge >= 0.3 is 0 Å². The molecule has 0 aliphatic rings. The Bertz CT molecular complexity index is 914. The van der Waals surface area contributed by atoms with Crippen LogP contribution >= 0.6 is 46.3 Å². The molecule has 3 N–H and O–H groups in total. The highest BCUT2D eigenvalue weighted by atomic mass is 35.5. The molecule has 1 aromatic carbocycles. The number of thiophene rings is 1. The Morgan fingerprint density at radius 3 is 2.92 bits per heavy atom. The molecule has 1 atom stereocenters. The van der Waals surface area contributed by atoms with E-state index >= 15 is 0 Å². The fourth-order valence-electron chi connectivity index (χ4n) is 2.15. The van der Waals surface area contributed by atoms with Crippen molar-refractivity contribution in [3.63, 3.8) is 0 Å². The van der Waals surface area contributed by atoms with Crippen molar-refractivity contribution in [2.75, 3.05) is 5.84 Å². The van der Waals surface area contributed by atoms with E-state index in [2.05, 4.69) is 15.5 Å². The highest BCUT2D eigenvalue weighted by Crippen LogP contribution is 2.31. The lowest BCUT2D eigenvalue weighted by molar-refractivity contribution is -0.120. The number of hydrogen-bond acceptors (Lipinski definition) is 6. The highest BCUT2D eigenvalue weighted by Gasteiger charge is 2.21. The number of halogens is 2. The monoisotopic (exact) mass is 427 g/mol. The van der Waals surface area contributed by atoms with E-state index in [1.807, 2.05) is 17.5 Å². The van der Waals surface area contributed by atoms with E-state index in [1.54, 1.807) is 36.5 Å². The van der Waals surface area contributed by atoms with E-state index in [9.17, 15) is 4.79 Å². The molecule has 3 aromatic rings. The van der Waals surface area contributed by atoms with Crippen molar-refractivity contribution in [1.82, 2.24) is 20.2 Å². The van der Waals surface area contributed by atoms with Crippen molar-refractivity contribution in [2.45, 2.75) is 23.9 Å². The van der Waals surface area contributed by atoms with Crippen LogP contribution < -0.4 is 11.2 Å². The fraction of sp³-hybridized carbons (Fsp3) is 0.188. The number of carbonyl (C=O) groups is 1. The molecule has 6 nitrogen and oxygen atoms in total. The molecular weight excluding hydrogens is 413 g/mol. The van der Waals surface area contributed by atoms with Crippen molar-refractivity contribution < 1.29 is 4.79 Å². The van der Waals surface area contributed by atoms with Gasteiger partial charge in [-0.3, -0.25) is 4.79 Å². The van der Waals surface area contributed by atoms with E-state index in [1.165, 1.54) is 16.4 Å². The van der Waals surface area contributed by atoms with Gasteiger partial charge in [-0.05, 0) is 36.6 Å². The Kier molecular flexibility index (Phi) is 6.08. The van der Waals surface area contributed by atoms with Crippen LogP contribution in [-0.2, 0) is 11.3 Å². The van der Waals surface area contributed by atoms with Crippen LogP contribution in [0.25, 0.3) is 11.4 Å². The SMILES string of the molecule is CC(Sc1nnc(-c2cc(Cl)ccc2Cl)n1N)C(=O)NCc1cccs1. The van der Waals surface area contributed by atoms with Gasteiger partial charge in [-0.1, -0.05) is 41.0 Å². The lowest BCUT2D eigenvalue weighted by Gasteiger charge is -2.11. The predicted molar refractivity (Wildman–Crippen MR) is 107 cm³/mol. The number of carbonyl (C=O) groups excluding carboxylic acids is 1. The van der Waals surface area contributed by atoms with Crippen molar-refractivity contribution in [3.8, 4) is 11.4 Å². The molecule has 26 heavy (non-hydrogen) atoms. The van der Waals surface area contributed by atoms with Crippen LogP contribution in [0.15, 0.2) is 40.9 Å². The van der Waals surface area contributed by atoms with E-state index in [-0.39, 0.29) is 11.2 Å². The third-order valence-electron chi connectivity index (χ3n) is 3.50. The van der Waals surface area contributed by atoms with Crippen molar-refractivity contribution in [2.24, 2.45) is 0 Å². The Hall–Kier alpha value is -1.74. The first-order chi connectivity index (χ1) is 12.5. The molecule has 0 aliphatic heterocycles. The van der Waals surface area contributed by atoms with Gasteiger partial charge in [-0.2, -0.15) is 0 Å². The van der Waals surface area contributed by atoms with Crippen molar-refractivity contribution >= 4 is 52.2 Å². The standard InChI is InChI=1S/C16H15Cl2N5OS2/c1-9(15(24)20-8-11-3-2-6-25-11)26-16-22-21-14(23(16)19)12-7-10(17)4-5-13(12)18/h2-7,9H,8,19H2,1H3,(H,20,24). The second kappa shape index (κ2) is 8.30. The molecule has 2 heterocycles. The average Bonchev–Trinajstić information content (AvgIpc) is 3.26. The number of hydrogen-bond donors (Lipinski definition) is 2. The summed E-state index contributed by atoms with van der Waals surface area (Å²) in [4.78, 5) is 13.4. The number of rotatable bonds is 6. The van der Waals surface area contributed by atoms with E-state index < -0.39 is 0 Å². The molecule has 136 valence electrons. The summed E-state index contributed by atoms with van der Waals surface area (Å²) in [7, 11) is 0. The van der Waals surface area contributed by atoms with E-state index in [0.717, 1.165) is 4.88 Å². The van der Waals surface area contributed by atoms with E-state index in [4.69, 9.17) is 29.0 Å². The van der Waals surface area contributed by atoms with Gasteiger partial charge in [0.1, 0.15) is 0 Å². The zero-order valence-corrected chi connectivity index (χ0v) is 16.8. The number of nitrogens with two attached hydrogens (primary N) is 1. The number of nitrogen functional groups attached to an aromatic ring is 1. The quantitative estimate of drug-likeness (QED) is 0.461.